The van der Waals surface area contributed by atoms with Crippen LogP contribution in [0.2, 0.25) is 0 Å². The summed E-state index contributed by atoms with van der Waals surface area (Å²) in [6, 6.07) is 3.74. The third kappa shape index (κ3) is 3.67. The van der Waals surface area contributed by atoms with Crippen molar-refractivity contribution in [3.63, 3.8) is 0 Å². The third-order valence-electron chi connectivity index (χ3n) is 2.62. The summed E-state index contributed by atoms with van der Waals surface area (Å²) in [6.07, 6.45) is 1.71. The number of carbonyl (C=O) groups is 1. The fraction of sp³-hybridized carbons (Fsp3) is 0.455. The molecule has 0 aromatic carbocycles. The lowest BCUT2D eigenvalue weighted by molar-refractivity contribution is -0.129. The van der Waals surface area contributed by atoms with E-state index in [1.807, 2.05) is 17.0 Å². The number of hydrogen-bond donors (Lipinski definition) is 2. The Balaban J connectivity index is 1.81. The molecule has 17 heavy (non-hydrogen) atoms. The van der Waals surface area contributed by atoms with E-state index >= 15 is 0 Å². The average molecular weight is 299 g/mol. The lowest BCUT2D eigenvalue weighted by atomic mass is 10.3. The van der Waals surface area contributed by atoms with Gasteiger partial charge in [0.2, 0.25) is 5.91 Å². The maximum absolute atomic E-state index is 11.8. The average Bonchev–Trinajstić information content (AvgIpc) is 2.39. The Hall–Kier alpha value is -1.14. The van der Waals surface area contributed by atoms with Crippen LogP contribution in [-0.4, -0.2) is 48.5 Å². The Kier molecular flexibility index (Phi) is 4.33. The first-order valence-electron chi connectivity index (χ1n) is 5.59. The summed E-state index contributed by atoms with van der Waals surface area (Å²) in [5.74, 6) is 0.841. The second-order valence-corrected chi connectivity index (χ2v) is 4.76. The molecule has 1 amide bonds. The molecule has 1 saturated heterocycles. The molecule has 0 unspecified atom stereocenters. The third-order valence-corrected chi connectivity index (χ3v) is 3.09. The molecule has 1 aromatic rings. The van der Waals surface area contributed by atoms with E-state index in [2.05, 4.69) is 31.5 Å². The number of pyridine rings is 1. The first kappa shape index (κ1) is 12.3. The lowest BCUT2D eigenvalue weighted by Crippen LogP contribution is -2.48. The van der Waals surface area contributed by atoms with Gasteiger partial charge in [-0.25, -0.2) is 4.98 Å². The van der Waals surface area contributed by atoms with Gasteiger partial charge in [0, 0.05) is 36.8 Å². The zero-order chi connectivity index (χ0) is 12.1. The molecule has 1 aromatic heterocycles. The topological polar surface area (TPSA) is 57.3 Å². The number of amides is 1. The fourth-order valence-electron chi connectivity index (χ4n) is 1.67. The Bertz CT molecular complexity index is 376. The number of piperazine rings is 1. The molecule has 0 spiro atoms. The predicted molar refractivity (Wildman–Crippen MR) is 69.9 cm³/mol. The van der Waals surface area contributed by atoms with E-state index in [0.717, 1.165) is 36.5 Å². The lowest BCUT2D eigenvalue weighted by Gasteiger charge is -2.27. The highest BCUT2D eigenvalue weighted by Crippen LogP contribution is 2.10. The van der Waals surface area contributed by atoms with Crippen LogP contribution < -0.4 is 10.6 Å². The van der Waals surface area contributed by atoms with Gasteiger partial charge in [-0.3, -0.25) is 4.79 Å². The van der Waals surface area contributed by atoms with Crippen LogP contribution in [-0.2, 0) is 4.79 Å². The molecule has 2 heterocycles. The fourth-order valence-corrected chi connectivity index (χ4v) is 1.91. The number of anilines is 1. The number of carbonyl (C=O) groups excluding carboxylic acids is 1. The van der Waals surface area contributed by atoms with Crippen molar-refractivity contribution in [3.05, 3.63) is 22.8 Å². The van der Waals surface area contributed by atoms with Crippen LogP contribution in [0, 0.1) is 0 Å². The SMILES string of the molecule is O=C(CNc1ccc(Br)cn1)N1CCNCC1. The van der Waals surface area contributed by atoms with Crippen molar-refractivity contribution < 1.29 is 4.79 Å². The van der Waals surface area contributed by atoms with E-state index in [1.54, 1.807) is 6.20 Å². The predicted octanol–water partition coefficient (Wildman–Crippen LogP) is 0.688. The summed E-state index contributed by atoms with van der Waals surface area (Å²) in [7, 11) is 0. The van der Waals surface area contributed by atoms with E-state index in [4.69, 9.17) is 0 Å². The summed E-state index contributed by atoms with van der Waals surface area (Å²) in [5.41, 5.74) is 0. The molecule has 0 atom stereocenters. The molecule has 6 heteroatoms. The molecule has 92 valence electrons. The second-order valence-electron chi connectivity index (χ2n) is 3.85. The summed E-state index contributed by atoms with van der Waals surface area (Å²) in [6.45, 7) is 3.63. The van der Waals surface area contributed by atoms with Gasteiger partial charge in [-0.05, 0) is 28.1 Å². The van der Waals surface area contributed by atoms with E-state index in [9.17, 15) is 4.79 Å². The second kappa shape index (κ2) is 5.97. The van der Waals surface area contributed by atoms with Gasteiger partial charge in [0.25, 0.3) is 0 Å². The molecule has 0 radical (unpaired) electrons. The molecule has 0 saturated carbocycles. The van der Waals surface area contributed by atoms with Crippen molar-refractivity contribution in [1.82, 2.24) is 15.2 Å². The molecule has 2 N–H and O–H groups in total. The summed E-state index contributed by atoms with van der Waals surface area (Å²) >= 11 is 3.32. The molecule has 0 bridgehead atoms. The molecule has 1 aliphatic rings. The zero-order valence-corrected chi connectivity index (χ0v) is 11.0. The van der Waals surface area contributed by atoms with Crippen LogP contribution >= 0.6 is 15.9 Å². The summed E-state index contributed by atoms with van der Waals surface area (Å²) in [4.78, 5) is 17.9. The van der Waals surface area contributed by atoms with E-state index in [1.165, 1.54) is 0 Å². The first-order valence-corrected chi connectivity index (χ1v) is 6.39. The molecule has 1 aliphatic heterocycles. The maximum Gasteiger partial charge on any atom is 0.242 e. The minimum Gasteiger partial charge on any atom is -0.361 e. The Labute approximate surface area is 109 Å². The van der Waals surface area contributed by atoms with Crippen molar-refractivity contribution >= 4 is 27.7 Å². The zero-order valence-electron chi connectivity index (χ0n) is 9.45. The standard InChI is InChI=1S/C11H15BrN4O/c12-9-1-2-10(14-7-9)15-8-11(17)16-5-3-13-4-6-16/h1-2,7,13H,3-6,8H2,(H,14,15). The smallest absolute Gasteiger partial charge is 0.242 e. The number of aromatic nitrogens is 1. The Morgan fingerprint density at radius 1 is 1.47 bits per heavy atom. The summed E-state index contributed by atoms with van der Waals surface area (Å²) in [5, 5.41) is 6.24. The van der Waals surface area contributed by atoms with Gasteiger partial charge in [0.1, 0.15) is 5.82 Å². The van der Waals surface area contributed by atoms with Gasteiger partial charge in [-0.15, -0.1) is 0 Å². The van der Waals surface area contributed by atoms with Gasteiger partial charge in [-0.1, -0.05) is 0 Å². The molecule has 5 nitrogen and oxygen atoms in total. The van der Waals surface area contributed by atoms with Crippen LogP contribution in [0.3, 0.4) is 0 Å². The molecular formula is C11H15BrN4O. The number of halogens is 1. The monoisotopic (exact) mass is 298 g/mol. The number of nitrogens with zero attached hydrogens (tertiary/aromatic N) is 2. The van der Waals surface area contributed by atoms with E-state index in [0.29, 0.717) is 6.54 Å². The molecular weight excluding hydrogens is 284 g/mol. The van der Waals surface area contributed by atoms with Crippen molar-refractivity contribution in [2.45, 2.75) is 0 Å². The van der Waals surface area contributed by atoms with Gasteiger partial charge < -0.3 is 15.5 Å². The van der Waals surface area contributed by atoms with E-state index < -0.39 is 0 Å². The first-order chi connectivity index (χ1) is 8.25. The van der Waals surface area contributed by atoms with Crippen molar-refractivity contribution in [2.75, 3.05) is 38.0 Å². The Morgan fingerprint density at radius 3 is 2.88 bits per heavy atom. The van der Waals surface area contributed by atoms with Crippen LogP contribution in [0.25, 0.3) is 0 Å². The van der Waals surface area contributed by atoms with Crippen LogP contribution in [0.4, 0.5) is 5.82 Å². The Morgan fingerprint density at radius 2 is 2.24 bits per heavy atom. The van der Waals surface area contributed by atoms with Gasteiger partial charge >= 0.3 is 0 Å². The normalized spacial score (nSPS) is 15.7. The van der Waals surface area contributed by atoms with Gasteiger partial charge in [0.15, 0.2) is 0 Å². The number of rotatable bonds is 3. The highest BCUT2D eigenvalue weighted by molar-refractivity contribution is 9.10. The highest BCUT2D eigenvalue weighted by atomic mass is 79.9. The van der Waals surface area contributed by atoms with Crippen molar-refractivity contribution in [3.8, 4) is 0 Å². The van der Waals surface area contributed by atoms with E-state index in [-0.39, 0.29) is 5.91 Å². The highest BCUT2D eigenvalue weighted by Gasteiger charge is 2.15. The van der Waals surface area contributed by atoms with Crippen LogP contribution in [0.15, 0.2) is 22.8 Å². The minimum absolute atomic E-state index is 0.121. The molecule has 1 fully saturated rings. The van der Waals surface area contributed by atoms with Crippen molar-refractivity contribution in [2.24, 2.45) is 0 Å². The number of hydrogen-bond acceptors (Lipinski definition) is 4. The molecule has 0 aliphatic carbocycles. The van der Waals surface area contributed by atoms with Gasteiger partial charge in [-0.2, -0.15) is 0 Å². The van der Waals surface area contributed by atoms with Crippen LogP contribution in [0.5, 0.6) is 0 Å². The minimum atomic E-state index is 0.121. The van der Waals surface area contributed by atoms with Crippen molar-refractivity contribution in [1.29, 1.82) is 0 Å². The quantitative estimate of drug-likeness (QED) is 0.862. The van der Waals surface area contributed by atoms with Gasteiger partial charge in [0.05, 0.1) is 6.54 Å². The largest absolute Gasteiger partial charge is 0.361 e. The molecule has 2 rings (SSSR count). The summed E-state index contributed by atoms with van der Waals surface area (Å²) < 4.78 is 0.927. The van der Waals surface area contributed by atoms with Crippen LogP contribution in [0.1, 0.15) is 0 Å². The number of nitrogens with one attached hydrogen (secondary N) is 2. The maximum atomic E-state index is 11.8.